The largest absolute Gasteiger partial charge is 0.338 e. The van der Waals surface area contributed by atoms with Gasteiger partial charge in [0.25, 0.3) is 5.91 Å². The van der Waals surface area contributed by atoms with Crippen molar-refractivity contribution in [1.82, 2.24) is 20.0 Å². The van der Waals surface area contributed by atoms with Crippen molar-refractivity contribution in [2.45, 2.75) is 19.9 Å². The molecule has 2 amide bonds. The Hall–Kier alpha value is -2.63. The summed E-state index contributed by atoms with van der Waals surface area (Å²) >= 11 is 0. The lowest BCUT2D eigenvalue weighted by Gasteiger charge is -2.30. The highest BCUT2D eigenvalue weighted by atomic mass is 16.2. The van der Waals surface area contributed by atoms with Gasteiger partial charge in [0.2, 0.25) is 5.91 Å². The van der Waals surface area contributed by atoms with Crippen molar-refractivity contribution in [3.05, 3.63) is 53.3 Å². The number of nitrogens with zero attached hydrogens (tertiary/aromatic N) is 3. The van der Waals surface area contributed by atoms with Crippen molar-refractivity contribution in [2.75, 3.05) is 19.6 Å². The zero-order chi connectivity index (χ0) is 17.6. The van der Waals surface area contributed by atoms with E-state index in [4.69, 9.17) is 0 Å². The predicted molar refractivity (Wildman–Crippen MR) is 92.8 cm³/mol. The highest BCUT2D eigenvalue weighted by molar-refractivity contribution is 5.94. The molecular weight excluding hydrogens is 316 g/mol. The number of carbonyl (C=O) groups is 2. The summed E-state index contributed by atoms with van der Waals surface area (Å²) in [5.74, 6) is 0.724. The van der Waals surface area contributed by atoms with Crippen LogP contribution in [0.4, 0.5) is 0 Å². The SMILES string of the molecule is CC(=O)N1C[C@H]2CN(C(=O)c3cn[nH]c3)C[C@H]2[C@H]1c1ccccc1C. The molecule has 2 saturated heterocycles. The summed E-state index contributed by atoms with van der Waals surface area (Å²) in [4.78, 5) is 28.7. The van der Waals surface area contributed by atoms with Crippen molar-refractivity contribution in [2.24, 2.45) is 11.8 Å². The second-order valence-corrected chi connectivity index (χ2v) is 7.09. The number of amides is 2. The van der Waals surface area contributed by atoms with Crippen LogP contribution < -0.4 is 0 Å². The average molecular weight is 338 g/mol. The molecule has 3 atom stereocenters. The summed E-state index contributed by atoms with van der Waals surface area (Å²) in [6.45, 7) is 5.82. The lowest BCUT2D eigenvalue weighted by atomic mass is 9.87. The Labute approximate surface area is 146 Å². The monoisotopic (exact) mass is 338 g/mol. The number of likely N-dealkylation sites (tertiary alicyclic amines) is 2. The minimum atomic E-state index is 0.0149. The minimum absolute atomic E-state index is 0.0149. The van der Waals surface area contributed by atoms with Gasteiger partial charge in [0.15, 0.2) is 0 Å². The summed E-state index contributed by atoms with van der Waals surface area (Å²) in [6, 6.07) is 8.29. The topological polar surface area (TPSA) is 69.3 Å². The molecule has 0 radical (unpaired) electrons. The molecule has 1 N–H and O–H groups in total. The molecule has 2 aliphatic rings. The van der Waals surface area contributed by atoms with Crippen molar-refractivity contribution in [3.63, 3.8) is 0 Å². The second-order valence-electron chi connectivity index (χ2n) is 7.09. The van der Waals surface area contributed by atoms with Gasteiger partial charge in [0, 0.05) is 44.6 Å². The third-order valence-electron chi connectivity index (χ3n) is 5.61. The van der Waals surface area contributed by atoms with Crippen molar-refractivity contribution in [3.8, 4) is 0 Å². The van der Waals surface area contributed by atoms with E-state index in [1.54, 1.807) is 19.3 Å². The lowest BCUT2D eigenvalue weighted by Crippen LogP contribution is -2.36. The Morgan fingerprint density at radius 1 is 1.20 bits per heavy atom. The molecular formula is C19H22N4O2. The fourth-order valence-electron chi connectivity index (χ4n) is 4.40. The first kappa shape index (κ1) is 15.9. The zero-order valence-electron chi connectivity index (χ0n) is 14.5. The van der Waals surface area contributed by atoms with E-state index in [1.807, 2.05) is 21.9 Å². The van der Waals surface area contributed by atoms with Crippen LogP contribution in [0, 0.1) is 18.8 Å². The van der Waals surface area contributed by atoms with Crippen molar-refractivity contribution >= 4 is 11.8 Å². The first-order valence-corrected chi connectivity index (χ1v) is 8.67. The molecule has 0 unspecified atom stereocenters. The van der Waals surface area contributed by atoms with Crippen LogP contribution in [0.1, 0.15) is 34.5 Å². The number of aryl methyl sites for hydroxylation is 1. The Kier molecular flexibility index (Phi) is 3.82. The smallest absolute Gasteiger partial charge is 0.257 e. The number of rotatable bonds is 2. The fraction of sp³-hybridized carbons (Fsp3) is 0.421. The van der Waals surface area contributed by atoms with Gasteiger partial charge in [0.1, 0.15) is 0 Å². The van der Waals surface area contributed by atoms with Gasteiger partial charge in [-0.15, -0.1) is 0 Å². The normalized spacial score (nSPS) is 25.3. The molecule has 6 heteroatoms. The Bertz CT molecular complexity index is 802. The van der Waals surface area contributed by atoms with Gasteiger partial charge in [0.05, 0.1) is 17.8 Å². The predicted octanol–water partition coefficient (Wildman–Crippen LogP) is 2.01. The number of aromatic amines is 1. The van der Waals surface area contributed by atoms with Crippen molar-refractivity contribution in [1.29, 1.82) is 0 Å². The van der Waals surface area contributed by atoms with Crippen molar-refractivity contribution < 1.29 is 9.59 Å². The van der Waals surface area contributed by atoms with Crippen LogP contribution >= 0.6 is 0 Å². The van der Waals surface area contributed by atoms with Gasteiger partial charge in [-0.05, 0) is 18.1 Å². The van der Waals surface area contributed by atoms with Gasteiger partial charge in [-0.2, -0.15) is 5.10 Å². The summed E-state index contributed by atoms with van der Waals surface area (Å²) in [7, 11) is 0. The molecule has 0 bridgehead atoms. The Balaban J connectivity index is 1.63. The molecule has 1 aromatic heterocycles. The molecule has 3 heterocycles. The second kappa shape index (κ2) is 6.02. The molecule has 1 aromatic carbocycles. The molecule has 0 spiro atoms. The van der Waals surface area contributed by atoms with Crippen LogP contribution in [0.15, 0.2) is 36.7 Å². The number of benzene rings is 1. The number of nitrogens with one attached hydrogen (secondary N) is 1. The molecule has 4 rings (SSSR count). The van der Waals surface area contributed by atoms with E-state index in [-0.39, 0.29) is 23.8 Å². The first-order chi connectivity index (χ1) is 12.1. The van der Waals surface area contributed by atoms with Crippen LogP contribution in [-0.4, -0.2) is 51.4 Å². The number of hydrogen-bond donors (Lipinski definition) is 1. The highest BCUT2D eigenvalue weighted by Crippen LogP contribution is 2.45. The summed E-state index contributed by atoms with van der Waals surface area (Å²) in [5, 5.41) is 6.57. The maximum atomic E-state index is 12.7. The molecule has 130 valence electrons. The van der Waals surface area contributed by atoms with E-state index >= 15 is 0 Å². The van der Waals surface area contributed by atoms with E-state index in [0.29, 0.717) is 31.1 Å². The van der Waals surface area contributed by atoms with E-state index < -0.39 is 0 Å². The number of carbonyl (C=O) groups excluding carboxylic acids is 2. The van der Waals surface area contributed by atoms with Gasteiger partial charge >= 0.3 is 0 Å². The molecule has 2 fully saturated rings. The third kappa shape index (κ3) is 2.62. The van der Waals surface area contributed by atoms with Gasteiger partial charge in [-0.25, -0.2) is 0 Å². The van der Waals surface area contributed by atoms with E-state index in [2.05, 4.69) is 29.3 Å². The summed E-state index contributed by atoms with van der Waals surface area (Å²) in [5.41, 5.74) is 2.98. The lowest BCUT2D eigenvalue weighted by molar-refractivity contribution is -0.130. The number of H-pyrrole nitrogens is 1. The number of hydrogen-bond acceptors (Lipinski definition) is 3. The first-order valence-electron chi connectivity index (χ1n) is 8.67. The molecule has 2 aliphatic heterocycles. The van der Waals surface area contributed by atoms with Crippen LogP contribution in [0.2, 0.25) is 0 Å². The maximum Gasteiger partial charge on any atom is 0.257 e. The molecule has 0 aliphatic carbocycles. The standard InChI is InChI=1S/C19H22N4O2/c1-12-5-3-4-6-16(12)18-17-11-22(19(25)14-7-20-21-8-14)9-15(17)10-23(18)13(2)24/h3-8,15,17-18H,9-11H2,1-2H3,(H,20,21)/t15-,17-,18-/m1/s1. The molecule has 6 nitrogen and oxygen atoms in total. The third-order valence-corrected chi connectivity index (χ3v) is 5.61. The maximum absolute atomic E-state index is 12.7. The Morgan fingerprint density at radius 3 is 2.68 bits per heavy atom. The van der Waals surface area contributed by atoms with Crippen LogP contribution in [-0.2, 0) is 4.79 Å². The molecule has 0 saturated carbocycles. The Morgan fingerprint density at radius 2 is 2.00 bits per heavy atom. The molecule has 2 aromatic rings. The minimum Gasteiger partial charge on any atom is -0.338 e. The van der Waals surface area contributed by atoms with E-state index in [1.165, 1.54) is 11.1 Å². The van der Waals surface area contributed by atoms with Gasteiger partial charge in [-0.3, -0.25) is 14.7 Å². The van der Waals surface area contributed by atoms with Gasteiger partial charge in [-0.1, -0.05) is 24.3 Å². The highest BCUT2D eigenvalue weighted by Gasteiger charge is 2.49. The van der Waals surface area contributed by atoms with Crippen LogP contribution in [0.5, 0.6) is 0 Å². The van der Waals surface area contributed by atoms with Gasteiger partial charge < -0.3 is 9.80 Å². The average Bonchev–Trinajstić information content (AvgIpc) is 3.30. The summed E-state index contributed by atoms with van der Waals surface area (Å²) < 4.78 is 0. The number of aromatic nitrogens is 2. The quantitative estimate of drug-likeness (QED) is 0.911. The van der Waals surface area contributed by atoms with E-state index in [9.17, 15) is 9.59 Å². The zero-order valence-corrected chi connectivity index (χ0v) is 14.5. The fourth-order valence-corrected chi connectivity index (χ4v) is 4.40. The van der Waals surface area contributed by atoms with Crippen LogP contribution in [0.3, 0.4) is 0 Å². The summed E-state index contributed by atoms with van der Waals surface area (Å²) in [6.07, 6.45) is 3.20. The number of fused-ring (bicyclic) bond motifs is 1. The van der Waals surface area contributed by atoms with E-state index in [0.717, 1.165) is 0 Å². The molecule has 25 heavy (non-hydrogen) atoms. The van der Waals surface area contributed by atoms with Crippen LogP contribution in [0.25, 0.3) is 0 Å².